The van der Waals surface area contributed by atoms with E-state index >= 15 is 0 Å². The fraction of sp³-hybridized carbons (Fsp3) is 0.526. The minimum absolute atomic E-state index is 0.0784. The Morgan fingerprint density at radius 1 is 1.15 bits per heavy atom. The zero-order valence-corrected chi connectivity index (χ0v) is 16.2. The second-order valence-electron chi connectivity index (χ2n) is 7.15. The summed E-state index contributed by atoms with van der Waals surface area (Å²) in [6, 6.07) is 4.89. The first-order chi connectivity index (χ1) is 12.9. The summed E-state index contributed by atoms with van der Waals surface area (Å²) in [7, 11) is 3.21. The van der Waals surface area contributed by atoms with E-state index in [1.807, 2.05) is 18.2 Å². The van der Waals surface area contributed by atoms with Crippen molar-refractivity contribution < 1.29 is 28.8 Å². The first-order valence-electron chi connectivity index (χ1n) is 9.14. The summed E-state index contributed by atoms with van der Waals surface area (Å²) in [5.41, 5.74) is 1.01. The first kappa shape index (κ1) is 19.2. The maximum Gasteiger partial charge on any atom is 0.338 e. The Balaban J connectivity index is 1.83. The molecule has 1 N–H and O–H groups in total. The molecule has 0 saturated carbocycles. The number of nitrogens with one attached hydrogen (secondary N) is 1. The van der Waals surface area contributed by atoms with E-state index in [1.54, 1.807) is 28.1 Å². The standard InChI is InChI=1S/C19H25N3O5/c1-12(2)22-18(24)17(23)21(19(22)25)11-20-9-5-6-15(20)14-8-7-13(26-3)10-16(14)27-4/h7-8,10,12,15H,5-6,9,11H2,1-4H3/p+1/t15-/m0/s1. The predicted molar refractivity (Wildman–Crippen MR) is 96.4 cm³/mol. The molecule has 2 aliphatic rings. The van der Waals surface area contributed by atoms with Gasteiger partial charge in [-0.15, -0.1) is 0 Å². The average Bonchev–Trinajstić information content (AvgIpc) is 3.19. The highest BCUT2D eigenvalue weighted by Crippen LogP contribution is 2.31. The van der Waals surface area contributed by atoms with Gasteiger partial charge >= 0.3 is 17.8 Å². The summed E-state index contributed by atoms with van der Waals surface area (Å²) >= 11 is 0. The number of likely N-dealkylation sites (tertiary alicyclic amines) is 1. The summed E-state index contributed by atoms with van der Waals surface area (Å²) in [4.78, 5) is 40.2. The number of urea groups is 1. The smallest absolute Gasteiger partial charge is 0.338 e. The van der Waals surface area contributed by atoms with Gasteiger partial charge in [-0.3, -0.25) is 14.5 Å². The van der Waals surface area contributed by atoms with Crippen LogP contribution in [0.5, 0.6) is 11.5 Å². The second-order valence-corrected chi connectivity index (χ2v) is 7.15. The van der Waals surface area contributed by atoms with Crippen molar-refractivity contribution in [3.63, 3.8) is 0 Å². The minimum atomic E-state index is -0.743. The van der Waals surface area contributed by atoms with E-state index in [0.717, 1.165) is 45.4 Å². The first-order valence-corrected chi connectivity index (χ1v) is 9.14. The maximum atomic E-state index is 12.6. The number of methoxy groups -OCH3 is 2. The summed E-state index contributed by atoms with van der Waals surface area (Å²) in [5, 5.41) is 0. The Morgan fingerprint density at radius 3 is 2.48 bits per heavy atom. The highest BCUT2D eigenvalue weighted by Gasteiger charge is 2.48. The van der Waals surface area contributed by atoms with Crippen LogP contribution in [-0.4, -0.2) is 61.1 Å². The number of amides is 4. The molecule has 0 spiro atoms. The molecule has 146 valence electrons. The van der Waals surface area contributed by atoms with E-state index in [4.69, 9.17) is 9.47 Å². The van der Waals surface area contributed by atoms with E-state index in [-0.39, 0.29) is 18.8 Å². The van der Waals surface area contributed by atoms with Crippen LogP contribution in [0.3, 0.4) is 0 Å². The van der Waals surface area contributed by atoms with Crippen LogP contribution in [0.15, 0.2) is 18.2 Å². The minimum Gasteiger partial charge on any atom is -0.497 e. The van der Waals surface area contributed by atoms with Gasteiger partial charge in [-0.2, -0.15) is 0 Å². The van der Waals surface area contributed by atoms with Gasteiger partial charge in [-0.1, -0.05) is 0 Å². The van der Waals surface area contributed by atoms with Crippen LogP contribution in [0.25, 0.3) is 0 Å². The zero-order valence-electron chi connectivity index (χ0n) is 16.2. The number of quaternary nitrogens is 1. The lowest BCUT2D eigenvalue weighted by Crippen LogP contribution is -3.12. The van der Waals surface area contributed by atoms with E-state index in [0.29, 0.717) is 5.75 Å². The number of imide groups is 2. The SMILES string of the molecule is COc1ccc([C@@H]2CCC[NH+]2CN2C(=O)C(=O)N(C(C)C)C2=O)c(OC)c1. The van der Waals surface area contributed by atoms with Crippen molar-refractivity contribution in [2.24, 2.45) is 0 Å². The van der Waals surface area contributed by atoms with Crippen LogP contribution < -0.4 is 14.4 Å². The van der Waals surface area contributed by atoms with E-state index in [2.05, 4.69) is 0 Å². The van der Waals surface area contributed by atoms with Crippen molar-refractivity contribution in [2.45, 2.75) is 38.8 Å². The quantitative estimate of drug-likeness (QED) is 0.580. The molecule has 1 aromatic rings. The highest BCUT2D eigenvalue weighted by molar-refractivity contribution is 6.44. The van der Waals surface area contributed by atoms with Crippen molar-refractivity contribution in [3.8, 4) is 11.5 Å². The van der Waals surface area contributed by atoms with Crippen LogP contribution in [0.4, 0.5) is 4.79 Å². The number of carbonyl (C=O) groups is 3. The van der Waals surface area contributed by atoms with Gasteiger partial charge in [0, 0.05) is 24.9 Å². The Bertz CT molecular complexity index is 764. The predicted octanol–water partition coefficient (Wildman–Crippen LogP) is 0.580. The Hall–Kier alpha value is -2.61. The molecule has 3 rings (SSSR count). The van der Waals surface area contributed by atoms with Gasteiger partial charge in [0.15, 0.2) is 6.67 Å². The molecular formula is C19H26N3O5+. The van der Waals surface area contributed by atoms with E-state index in [1.165, 1.54) is 0 Å². The molecule has 4 amide bonds. The number of ether oxygens (including phenoxy) is 2. The third kappa shape index (κ3) is 3.37. The second kappa shape index (κ2) is 7.56. The van der Waals surface area contributed by atoms with Crippen LogP contribution in [0.1, 0.15) is 38.3 Å². The summed E-state index contributed by atoms with van der Waals surface area (Å²) in [6.07, 6.45) is 1.88. The van der Waals surface area contributed by atoms with Gasteiger partial charge in [-0.05, 0) is 26.0 Å². The molecule has 2 fully saturated rings. The van der Waals surface area contributed by atoms with Gasteiger partial charge < -0.3 is 14.4 Å². The van der Waals surface area contributed by atoms with Crippen LogP contribution in [-0.2, 0) is 9.59 Å². The van der Waals surface area contributed by atoms with Crippen molar-refractivity contribution in [2.75, 3.05) is 27.4 Å². The molecule has 0 radical (unpaired) electrons. The molecular weight excluding hydrogens is 350 g/mol. The molecule has 0 aromatic heterocycles. The monoisotopic (exact) mass is 376 g/mol. The van der Waals surface area contributed by atoms with Crippen molar-refractivity contribution >= 4 is 17.8 Å². The normalized spacial score (nSPS) is 22.9. The van der Waals surface area contributed by atoms with Crippen LogP contribution in [0, 0.1) is 0 Å². The molecule has 1 unspecified atom stereocenters. The number of hydrogen-bond donors (Lipinski definition) is 1. The average molecular weight is 376 g/mol. The lowest BCUT2D eigenvalue weighted by atomic mass is 10.0. The molecule has 2 saturated heterocycles. The van der Waals surface area contributed by atoms with Crippen molar-refractivity contribution in [3.05, 3.63) is 23.8 Å². The van der Waals surface area contributed by atoms with Gasteiger partial charge in [0.1, 0.15) is 17.5 Å². The molecule has 27 heavy (non-hydrogen) atoms. The highest BCUT2D eigenvalue weighted by atomic mass is 16.5. The molecule has 8 heteroatoms. The Kier molecular flexibility index (Phi) is 5.36. The van der Waals surface area contributed by atoms with E-state index in [9.17, 15) is 14.4 Å². The summed E-state index contributed by atoms with van der Waals surface area (Å²) in [5.74, 6) is -0.0587. The fourth-order valence-corrected chi connectivity index (χ4v) is 3.90. The van der Waals surface area contributed by atoms with Crippen molar-refractivity contribution in [1.29, 1.82) is 0 Å². The lowest BCUT2D eigenvalue weighted by molar-refractivity contribution is -0.925. The molecule has 2 heterocycles. The molecule has 0 bridgehead atoms. The number of rotatable bonds is 6. The van der Waals surface area contributed by atoms with Gasteiger partial charge in [0.05, 0.1) is 26.3 Å². The van der Waals surface area contributed by atoms with Crippen molar-refractivity contribution in [1.82, 2.24) is 9.80 Å². The lowest BCUT2D eigenvalue weighted by Gasteiger charge is -2.26. The number of hydrogen-bond acceptors (Lipinski definition) is 5. The number of benzene rings is 1. The van der Waals surface area contributed by atoms with E-state index < -0.39 is 17.8 Å². The number of nitrogens with zero attached hydrogens (tertiary/aromatic N) is 2. The number of carbonyl (C=O) groups excluding carboxylic acids is 3. The molecule has 2 aliphatic heterocycles. The molecule has 0 aliphatic carbocycles. The summed E-state index contributed by atoms with van der Waals surface area (Å²) < 4.78 is 10.8. The molecule has 2 atom stereocenters. The Morgan fingerprint density at radius 2 is 1.89 bits per heavy atom. The van der Waals surface area contributed by atoms with Gasteiger partial charge in [0.25, 0.3) is 0 Å². The zero-order chi connectivity index (χ0) is 19.7. The van der Waals surface area contributed by atoms with Gasteiger partial charge in [-0.25, -0.2) is 9.69 Å². The topological polar surface area (TPSA) is 80.6 Å². The van der Waals surface area contributed by atoms with Gasteiger partial charge in [0.2, 0.25) is 0 Å². The maximum absolute atomic E-state index is 12.6. The van der Waals surface area contributed by atoms with Crippen LogP contribution >= 0.6 is 0 Å². The summed E-state index contributed by atoms with van der Waals surface area (Å²) in [6.45, 7) is 4.43. The molecule has 1 aromatic carbocycles. The molecule has 8 nitrogen and oxygen atoms in total. The third-order valence-corrected chi connectivity index (χ3v) is 5.26. The Labute approximate surface area is 158 Å². The fourth-order valence-electron chi connectivity index (χ4n) is 3.90. The third-order valence-electron chi connectivity index (χ3n) is 5.26. The van der Waals surface area contributed by atoms with Crippen LogP contribution in [0.2, 0.25) is 0 Å². The largest absolute Gasteiger partial charge is 0.497 e.